The lowest BCUT2D eigenvalue weighted by molar-refractivity contribution is 0.104. The van der Waals surface area contributed by atoms with Gasteiger partial charge < -0.3 is 9.84 Å². The van der Waals surface area contributed by atoms with Crippen molar-refractivity contribution in [2.75, 3.05) is 6.61 Å². The summed E-state index contributed by atoms with van der Waals surface area (Å²) in [5, 5.41) is 9.65. The summed E-state index contributed by atoms with van der Waals surface area (Å²) in [6.45, 7) is 4.59. The Morgan fingerprint density at radius 1 is 1.64 bits per heavy atom. The summed E-state index contributed by atoms with van der Waals surface area (Å²) in [6.07, 6.45) is 5.77. The molecule has 0 amide bonds. The van der Waals surface area contributed by atoms with Crippen molar-refractivity contribution in [3.05, 3.63) is 11.8 Å². The number of aliphatic hydroxyl groups is 1. The van der Waals surface area contributed by atoms with Crippen LogP contribution in [0.5, 0.6) is 0 Å². The van der Waals surface area contributed by atoms with Crippen LogP contribution in [0, 0.1) is 0 Å². The first kappa shape index (κ1) is 11.2. The lowest BCUT2D eigenvalue weighted by atomic mass is 10.1. The number of nitrogens with zero attached hydrogens (tertiary/aromatic N) is 1. The average Bonchev–Trinajstić information content (AvgIpc) is 2.16. The predicted molar refractivity (Wildman–Crippen MR) is 57.5 cm³/mol. The van der Waals surface area contributed by atoms with Crippen LogP contribution in [0.25, 0.3) is 0 Å². The van der Waals surface area contributed by atoms with Crippen LogP contribution in [0.1, 0.15) is 33.1 Å². The van der Waals surface area contributed by atoms with E-state index in [1.54, 1.807) is 6.21 Å². The van der Waals surface area contributed by atoms with Crippen molar-refractivity contribution >= 4 is 6.21 Å². The second kappa shape index (κ2) is 5.81. The number of hydrogen-bond acceptors (Lipinski definition) is 3. The molecule has 2 unspecified atom stereocenters. The molecule has 0 fully saturated rings. The van der Waals surface area contributed by atoms with Gasteiger partial charge in [-0.1, -0.05) is 6.92 Å². The number of ether oxygens (including phenoxy) is 1. The van der Waals surface area contributed by atoms with Gasteiger partial charge in [0.25, 0.3) is 0 Å². The van der Waals surface area contributed by atoms with Gasteiger partial charge in [-0.15, -0.1) is 0 Å². The standard InChI is InChI=1S/C11H19NO2/c1-3-10-8-11(13)5-7-14-9(2)4-6-12-10/h4,6,10-11,13H,3,5,7-8H2,1-2H3/b9-4+,12-6-. The smallest absolute Gasteiger partial charge is 0.0944 e. The van der Waals surface area contributed by atoms with Gasteiger partial charge in [0, 0.05) is 12.6 Å². The van der Waals surface area contributed by atoms with Crippen LogP contribution < -0.4 is 0 Å². The van der Waals surface area contributed by atoms with Gasteiger partial charge in [0.05, 0.1) is 24.5 Å². The number of aliphatic imine (C=N–C) groups is 1. The van der Waals surface area contributed by atoms with E-state index in [-0.39, 0.29) is 12.1 Å². The number of hydrogen-bond donors (Lipinski definition) is 1. The minimum atomic E-state index is -0.289. The highest BCUT2D eigenvalue weighted by Gasteiger charge is 2.12. The van der Waals surface area contributed by atoms with Crippen LogP contribution in [0.3, 0.4) is 0 Å². The molecule has 2 atom stereocenters. The van der Waals surface area contributed by atoms with E-state index in [1.165, 1.54) is 0 Å². The Bertz CT molecular complexity index is 223. The summed E-state index contributed by atoms with van der Waals surface area (Å²) in [5.41, 5.74) is 0. The van der Waals surface area contributed by atoms with Gasteiger partial charge in [-0.3, -0.25) is 4.99 Å². The molecule has 0 bridgehead atoms. The summed E-state index contributed by atoms with van der Waals surface area (Å²) in [5.74, 6) is 0.859. The maximum absolute atomic E-state index is 9.65. The average molecular weight is 197 g/mol. The normalized spacial score (nSPS) is 35.2. The van der Waals surface area contributed by atoms with Gasteiger partial charge in [0.15, 0.2) is 0 Å². The van der Waals surface area contributed by atoms with E-state index in [1.807, 2.05) is 13.0 Å². The fourth-order valence-corrected chi connectivity index (χ4v) is 1.44. The first-order chi connectivity index (χ1) is 6.72. The zero-order chi connectivity index (χ0) is 10.4. The number of rotatable bonds is 1. The molecule has 14 heavy (non-hydrogen) atoms. The molecular formula is C11H19NO2. The third-order valence-corrected chi connectivity index (χ3v) is 2.40. The van der Waals surface area contributed by atoms with E-state index < -0.39 is 0 Å². The molecule has 1 aliphatic heterocycles. The molecule has 0 radical (unpaired) electrons. The Balaban J connectivity index is 2.62. The first-order valence-electron chi connectivity index (χ1n) is 5.23. The van der Waals surface area contributed by atoms with Crippen molar-refractivity contribution in [2.45, 2.75) is 45.3 Å². The lowest BCUT2D eigenvalue weighted by Crippen LogP contribution is -2.18. The summed E-state index contributed by atoms with van der Waals surface area (Å²) in [6, 6.07) is 0.243. The molecule has 80 valence electrons. The zero-order valence-corrected chi connectivity index (χ0v) is 8.94. The third-order valence-electron chi connectivity index (χ3n) is 2.40. The van der Waals surface area contributed by atoms with E-state index in [4.69, 9.17) is 4.74 Å². The molecule has 0 aromatic heterocycles. The predicted octanol–water partition coefficient (Wildman–Crippen LogP) is 1.91. The fourth-order valence-electron chi connectivity index (χ4n) is 1.44. The van der Waals surface area contributed by atoms with Crippen molar-refractivity contribution < 1.29 is 9.84 Å². The largest absolute Gasteiger partial charge is 0.498 e. The topological polar surface area (TPSA) is 41.8 Å². The van der Waals surface area contributed by atoms with Gasteiger partial charge in [-0.2, -0.15) is 0 Å². The van der Waals surface area contributed by atoms with E-state index in [2.05, 4.69) is 11.9 Å². The minimum Gasteiger partial charge on any atom is -0.498 e. The van der Waals surface area contributed by atoms with Gasteiger partial charge >= 0.3 is 0 Å². The van der Waals surface area contributed by atoms with Crippen molar-refractivity contribution in [3.8, 4) is 0 Å². The molecule has 0 spiro atoms. The van der Waals surface area contributed by atoms with Crippen molar-refractivity contribution in [1.82, 2.24) is 0 Å². The maximum atomic E-state index is 9.65. The van der Waals surface area contributed by atoms with Crippen molar-refractivity contribution in [2.24, 2.45) is 4.99 Å². The maximum Gasteiger partial charge on any atom is 0.0944 e. The molecular weight excluding hydrogens is 178 g/mol. The Morgan fingerprint density at radius 2 is 2.43 bits per heavy atom. The Morgan fingerprint density at radius 3 is 3.14 bits per heavy atom. The van der Waals surface area contributed by atoms with Crippen LogP contribution in [-0.4, -0.2) is 30.1 Å². The quantitative estimate of drug-likeness (QED) is 0.697. The second-order valence-electron chi connectivity index (χ2n) is 3.66. The van der Waals surface area contributed by atoms with E-state index in [0.29, 0.717) is 13.0 Å². The van der Waals surface area contributed by atoms with Gasteiger partial charge in [0.2, 0.25) is 0 Å². The van der Waals surface area contributed by atoms with Crippen LogP contribution >= 0.6 is 0 Å². The van der Waals surface area contributed by atoms with Gasteiger partial charge in [-0.05, 0) is 25.8 Å². The minimum absolute atomic E-state index is 0.243. The van der Waals surface area contributed by atoms with E-state index in [0.717, 1.165) is 18.6 Å². The summed E-state index contributed by atoms with van der Waals surface area (Å²) < 4.78 is 5.37. The molecule has 3 nitrogen and oxygen atoms in total. The fraction of sp³-hybridized carbons (Fsp3) is 0.727. The molecule has 1 N–H and O–H groups in total. The number of aliphatic hydroxyl groups excluding tert-OH is 1. The third kappa shape index (κ3) is 3.92. The van der Waals surface area contributed by atoms with Crippen LogP contribution in [0.4, 0.5) is 0 Å². The molecule has 0 aromatic rings. The molecule has 1 heterocycles. The van der Waals surface area contributed by atoms with Crippen LogP contribution in [0.2, 0.25) is 0 Å². The lowest BCUT2D eigenvalue weighted by Gasteiger charge is -2.17. The molecule has 1 rings (SSSR count). The molecule has 1 aliphatic rings. The molecule has 0 aromatic carbocycles. The molecule has 0 aliphatic carbocycles. The van der Waals surface area contributed by atoms with Crippen molar-refractivity contribution in [1.29, 1.82) is 0 Å². The Kier molecular flexibility index (Phi) is 4.66. The molecule has 0 saturated carbocycles. The summed E-state index contributed by atoms with van der Waals surface area (Å²) in [7, 11) is 0. The van der Waals surface area contributed by atoms with Gasteiger partial charge in [0.1, 0.15) is 0 Å². The zero-order valence-electron chi connectivity index (χ0n) is 8.94. The first-order valence-corrected chi connectivity index (χ1v) is 5.23. The second-order valence-corrected chi connectivity index (χ2v) is 3.66. The monoisotopic (exact) mass is 197 g/mol. The van der Waals surface area contributed by atoms with E-state index in [9.17, 15) is 5.11 Å². The SMILES string of the molecule is CCC1CC(O)CCO/C(C)=C/C=N\1. The van der Waals surface area contributed by atoms with Crippen LogP contribution in [0.15, 0.2) is 16.8 Å². The van der Waals surface area contributed by atoms with Crippen molar-refractivity contribution in [3.63, 3.8) is 0 Å². The molecule has 3 heteroatoms. The summed E-state index contributed by atoms with van der Waals surface area (Å²) >= 11 is 0. The molecule has 0 saturated heterocycles. The number of allylic oxidation sites excluding steroid dienone is 2. The van der Waals surface area contributed by atoms with Crippen LogP contribution in [-0.2, 0) is 4.74 Å². The van der Waals surface area contributed by atoms with E-state index >= 15 is 0 Å². The highest BCUT2D eigenvalue weighted by atomic mass is 16.5. The highest BCUT2D eigenvalue weighted by Crippen LogP contribution is 2.11. The Labute approximate surface area is 85.5 Å². The Hall–Kier alpha value is -0.830. The van der Waals surface area contributed by atoms with Gasteiger partial charge in [-0.25, -0.2) is 0 Å². The summed E-state index contributed by atoms with van der Waals surface area (Å²) in [4.78, 5) is 4.36. The highest BCUT2D eigenvalue weighted by molar-refractivity contribution is 5.71.